The van der Waals surface area contributed by atoms with Crippen LogP contribution in [0.25, 0.3) is 0 Å². The predicted molar refractivity (Wildman–Crippen MR) is 85.2 cm³/mol. The van der Waals surface area contributed by atoms with Crippen molar-refractivity contribution in [2.45, 2.75) is 31.7 Å². The fourth-order valence-electron chi connectivity index (χ4n) is 1.86. The first-order valence-corrected chi connectivity index (χ1v) is 9.00. The third kappa shape index (κ3) is 3.70. The molecule has 0 saturated heterocycles. The summed E-state index contributed by atoms with van der Waals surface area (Å²) in [6.07, 6.45) is 2.30. The molecule has 0 fully saturated rings. The minimum Gasteiger partial charge on any atom is -0.382 e. The van der Waals surface area contributed by atoms with Gasteiger partial charge in [0.25, 0.3) is 0 Å². The summed E-state index contributed by atoms with van der Waals surface area (Å²) in [6.45, 7) is 4.21. The summed E-state index contributed by atoms with van der Waals surface area (Å²) in [4.78, 5) is 4.32. The first-order chi connectivity index (χ1) is 9.94. The fraction of sp³-hybridized carbons (Fsp3) is 0.385. The lowest BCUT2D eigenvalue weighted by molar-refractivity contribution is 0.595. The second-order valence-electron chi connectivity index (χ2n) is 4.71. The molecule has 0 aliphatic heterocycles. The molecule has 6 nitrogen and oxygen atoms in total. The zero-order chi connectivity index (χ0) is 15.5. The molecule has 0 saturated carbocycles. The Hall–Kier alpha value is -1.67. The molecule has 0 aliphatic carbocycles. The highest BCUT2D eigenvalue weighted by Gasteiger charge is 2.24. The highest BCUT2D eigenvalue weighted by Crippen LogP contribution is 2.32. The molecule has 8 heteroatoms. The third-order valence-electron chi connectivity index (χ3n) is 2.88. The van der Waals surface area contributed by atoms with E-state index in [2.05, 4.69) is 14.7 Å². The molecule has 0 radical (unpaired) electrons. The Balaban J connectivity index is 2.20. The molecule has 114 valence electrons. The lowest BCUT2D eigenvalue weighted by Crippen LogP contribution is -2.10. The molecule has 0 atom stereocenters. The number of aromatic nitrogens is 2. The Morgan fingerprint density at radius 1 is 1.38 bits per heavy atom. The molecule has 0 unspecified atom stereocenters. The van der Waals surface area contributed by atoms with Gasteiger partial charge in [0.05, 0.1) is 5.75 Å². The minimum absolute atomic E-state index is 0.0659. The van der Waals surface area contributed by atoms with E-state index in [4.69, 9.17) is 5.73 Å². The quantitative estimate of drug-likeness (QED) is 0.844. The summed E-state index contributed by atoms with van der Waals surface area (Å²) < 4.78 is 28.4. The van der Waals surface area contributed by atoms with E-state index >= 15 is 0 Å². The summed E-state index contributed by atoms with van der Waals surface area (Å²) in [5.41, 5.74) is 7.62. The SMILES string of the molecule is CCCS(=O)(=O)c1c(N)nsc1NCc1ccc(C)nc1. The Morgan fingerprint density at radius 2 is 2.14 bits per heavy atom. The number of nitrogens with zero attached hydrogens (tertiary/aromatic N) is 2. The van der Waals surface area contributed by atoms with E-state index in [-0.39, 0.29) is 16.5 Å². The zero-order valence-electron chi connectivity index (χ0n) is 12.0. The number of nitrogens with one attached hydrogen (secondary N) is 1. The van der Waals surface area contributed by atoms with Crippen molar-refractivity contribution in [3.8, 4) is 0 Å². The number of hydrogen-bond donors (Lipinski definition) is 2. The molecule has 0 bridgehead atoms. The van der Waals surface area contributed by atoms with E-state index in [0.29, 0.717) is 18.0 Å². The van der Waals surface area contributed by atoms with E-state index in [1.807, 2.05) is 26.0 Å². The van der Waals surface area contributed by atoms with Crippen LogP contribution in [-0.4, -0.2) is 23.5 Å². The van der Waals surface area contributed by atoms with E-state index in [9.17, 15) is 8.42 Å². The molecule has 0 aliphatic rings. The third-order valence-corrected chi connectivity index (χ3v) is 5.81. The van der Waals surface area contributed by atoms with Crippen LogP contribution < -0.4 is 11.1 Å². The van der Waals surface area contributed by atoms with E-state index in [1.54, 1.807) is 6.20 Å². The monoisotopic (exact) mass is 326 g/mol. The van der Waals surface area contributed by atoms with Gasteiger partial charge >= 0.3 is 0 Å². The standard InChI is InChI=1S/C13H18N4O2S2/c1-3-6-21(18,19)11-12(14)17-20-13(11)16-8-10-5-4-9(2)15-7-10/h4-5,7,16H,3,6,8H2,1-2H3,(H2,14,17). The van der Waals surface area contributed by atoms with Crippen molar-refractivity contribution in [1.82, 2.24) is 9.36 Å². The van der Waals surface area contributed by atoms with Crippen LogP contribution in [0.3, 0.4) is 0 Å². The Morgan fingerprint density at radius 3 is 2.76 bits per heavy atom. The van der Waals surface area contributed by atoms with Crippen LogP contribution in [0.2, 0.25) is 0 Å². The van der Waals surface area contributed by atoms with Crippen LogP contribution in [0, 0.1) is 6.92 Å². The topological polar surface area (TPSA) is 98.0 Å². The molecule has 0 amide bonds. The van der Waals surface area contributed by atoms with Crippen molar-refractivity contribution in [3.05, 3.63) is 29.6 Å². The summed E-state index contributed by atoms with van der Waals surface area (Å²) in [6, 6.07) is 3.85. The van der Waals surface area contributed by atoms with Gasteiger partial charge in [0, 0.05) is 18.4 Å². The normalized spacial score (nSPS) is 11.5. The molecule has 2 rings (SSSR count). The largest absolute Gasteiger partial charge is 0.382 e. The minimum atomic E-state index is -3.39. The second-order valence-corrected chi connectivity index (χ2v) is 7.53. The van der Waals surface area contributed by atoms with Crippen molar-refractivity contribution in [2.75, 3.05) is 16.8 Å². The summed E-state index contributed by atoms with van der Waals surface area (Å²) >= 11 is 1.07. The van der Waals surface area contributed by atoms with Gasteiger partial charge in [-0.25, -0.2) is 8.42 Å². The van der Waals surface area contributed by atoms with E-state index < -0.39 is 9.84 Å². The Bertz CT molecular complexity index is 708. The highest BCUT2D eigenvalue weighted by molar-refractivity contribution is 7.91. The number of rotatable bonds is 6. The van der Waals surface area contributed by atoms with Gasteiger partial charge in [-0.2, -0.15) is 4.37 Å². The Labute approximate surface area is 128 Å². The highest BCUT2D eigenvalue weighted by atomic mass is 32.2. The van der Waals surface area contributed by atoms with Gasteiger partial charge in [-0.05, 0) is 36.5 Å². The van der Waals surface area contributed by atoms with Crippen molar-refractivity contribution in [2.24, 2.45) is 0 Å². The zero-order valence-corrected chi connectivity index (χ0v) is 13.6. The van der Waals surface area contributed by atoms with Gasteiger partial charge in [-0.15, -0.1) is 0 Å². The molecule has 2 aromatic heterocycles. The molecule has 0 spiro atoms. The average molecular weight is 326 g/mol. The van der Waals surface area contributed by atoms with Crippen molar-refractivity contribution in [1.29, 1.82) is 0 Å². The molecule has 2 heterocycles. The number of sulfone groups is 1. The van der Waals surface area contributed by atoms with Gasteiger partial charge in [-0.3, -0.25) is 4.98 Å². The summed E-state index contributed by atoms with van der Waals surface area (Å²) in [5, 5.41) is 3.58. The van der Waals surface area contributed by atoms with E-state index in [1.165, 1.54) is 0 Å². The van der Waals surface area contributed by atoms with Crippen molar-refractivity contribution < 1.29 is 8.42 Å². The lowest BCUT2D eigenvalue weighted by Gasteiger charge is -2.07. The number of nitrogens with two attached hydrogens (primary N) is 1. The van der Waals surface area contributed by atoms with Crippen LogP contribution in [0.1, 0.15) is 24.6 Å². The number of aryl methyl sites for hydroxylation is 1. The van der Waals surface area contributed by atoms with Crippen LogP contribution in [0.4, 0.5) is 10.8 Å². The van der Waals surface area contributed by atoms with Gasteiger partial charge < -0.3 is 11.1 Å². The van der Waals surface area contributed by atoms with Crippen LogP contribution in [0.5, 0.6) is 0 Å². The van der Waals surface area contributed by atoms with Gasteiger partial charge in [-0.1, -0.05) is 13.0 Å². The number of anilines is 2. The molecule has 21 heavy (non-hydrogen) atoms. The second kappa shape index (κ2) is 6.40. The van der Waals surface area contributed by atoms with E-state index in [0.717, 1.165) is 22.8 Å². The maximum Gasteiger partial charge on any atom is 0.185 e. The number of nitrogen functional groups attached to an aromatic ring is 1. The number of hydrogen-bond acceptors (Lipinski definition) is 7. The average Bonchev–Trinajstić information content (AvgIpc) is 2.80. The maximum absolute atomic E-state index is 12.2. The maximum atomic E-state index is 12.2. The summed E-state index contributed by atoms with van der Waals surface area (Å²) in [7, 11) is -3.39. The first kappa shape index (κ1) is 15.7. The lowest BCUT2D eigenvalue weighted by atomic mass is 10.2. The van der Waals surface area contributed by atoms with Gasteiger partial charge in [0.15, 0.2) is 15.7 Å². The number of pyridine rings is 1. The molecular formula is C13H18N4O2S2. The fourth-order valence-corrected chi connectivity index (χ4v) is 4.48. The van der Waals surface area contributed by atoms with Gasteiger partial charge in [0.1, 0.15) is 9.90 Å². The van der Waals surface area contributed by atoms with Crippen molar-refractivity contribution >= 4 is 32.2 Å². The first-order valence-electron chi connectivity index (χ1n) is 6.57. The molecular weight excluding hydrogens is 308 g/mol. The van der Waals surface area contributed by atoms with Gasteiger partial charge in [0.2, 0.25) is 0 Å². The van der Waals surface area contributed by atoms with Crippen LogP contribution >= 0.6 is 11.5 Å². The van der Waals surface area contributed by atoms with Crippen LogP contribution in [-0.2, 0) is 16.4 Å². The predicted octanol–water partition coefficient (Wildman–Crippen LogP) is 2.22. The van der Waals surface area contributed by atoms with Crippen molar-refractivity contribution in [3.63, 3.8) is 0 Å². The molecule has 3 N–H and O–H groups in total. The Kier molecular flexibility index (Phi) is 4.79. The smallest absolute Gasteiger partial charge is 0.185 e. The van der Waals surface area contributed by atoms with Crippen LogP contribution in [0.15, 0.2) is 23.2 Å². The molecule has 2 aromatic rings. The summed E-state index contributed by atoms with van der Waals surface area (Å²) in [5.74, 6) is 0.133. The molecule has 0 aromatic carbocycles.